The lowest BCUT2D eigenvalue weighted by molar-refractivity contribution is -0.149. The van der Waals surface area contributed by atoms with Crippen LogP contribution in [0.3, 0.4) is 0 Å². The van der Waals surface area contributed by atoms with Crippen molar-refractivity contribution in [3.05, 3.63) is 41.7 Å². The predicted octanol–water partition coefficient (Wildman–Crippen LogP) is 1.75. The topological polar surface area (TPSA) is 108 Å². The van der Waals surface area contributed by atoms with Gasteiger partial charge in [0.1, 0.15) is 5.76 Å². The van der Waals surface area contributed by atoms with Gasteiger partial charge in [0.05, 0.1) is 0 Å². The molecule has 2 rings (SSSR count). The summed E-state index contributed by atoms with van der Waals surface area (Å²) in [5, 5.41) is 6.08. The Morgan fingerprint density at radius 1 is 1.21 bits per heavy atom. The number of aromatic nitrogens is 1. The SMILES string of the molecule is CC(=O)c1cccc(NC(=O)COC(=O)COc2cc(C)on2)c1. The Labute approximate surface area is 137 Å². The molecule has 1 N–H and O–H groups in total. The smallest absolute Gasteiger partial charge is 0.344 e. The minimum Gasteiger partial charge on any atom is -0.463 e. The van der Waals surface area contributed by atoms with Gasteiger partial charge in [-0.15, -0.1) is 0 Å². The maximum absolute atomic E-state index is 11.7. The van der Waals surface area contributed by atoms with E-state index in [1.54, 1.807) is 25.1 Å². The largest absolute Gasteiger partial charge is 0.463 e. The minimum atomic E-state index is -0.719. The molecule has 126 valence electrons. The standard InChI is InChI=1S/C16H16N2O6/c1-10-6-15(18-24-10)22-9-16(21)23-8-14(20)17-13-5-3-4-12(7-13)11(2)19/h3-7H,8-9H2,1-2H3,(H,17,20). The van der Waals surface area contributed by atoms with Crippen LogP contribution in [-0.2, 0) is 14.3 Å². The first kappa shape index (κ1) is 17.2. The molecule has 0 radical (unpaired) electrons. The third kappa shape index (κ3) is 5.24. The molecule has 0 atom stereocenters. The molecular formula is C16H16N2O6. The van der Waals surface area contributed by atoms with Crippen LogP contribution in [0, 0.1) is 6.92 Å². The molecule has 0 fully saturated rings. The van der Waals surface area contributed by atoms with Crippen LogP contribution in [0.25, 0.3) is 0 Å². The van der Waals surface area contributed by atoms with Gasteiger partial charge in [0.25, 0.3) is 11.8 Å². The highest BCUT2D eigenvalue weighted by Gasteiger charge is 2.11. The van der Waals surface area contributed by atoms with Crippen molar-refractivity contribution in [3.8, 4) is 5.88 Å². The third-order valence-corrected chi connectivity index (χ3v) is 2.86. The zero-order chi connectivity index (χ0) is 17.5. The van der Waals surface area contributed by atoms with Gasteiger partial charge in [-0.3, -0.25) is 9.59 Å². The number of Topliss-reactive ketones (excluding diaryl/α,β-unsaturated/α-hetero) is 1. The molecule has 24 heavy (non-hydrogen) atoms. The first-order chi connectivity index (χ1) is 11.4. The molecular weight excluding hydrogens is 316 g/mol. The lowest BCUT2D eigenvalue weighted by Gasteiger charge is -2.07. The number of benzene rings is 1. The highest BCUT2D eigenvalue weighted by molar-refractivity contribution is 5.97. The molecule has 0 bridgehead atoms. The minimum absolute atomic E-state index is 0.113. The fourth-order valence-corrected chi connectivity index (χ4v) is 1.75. The van der Waals surface area contributed by atoms with E-state index in [4.69, 9.17) is 14.0 Å². The van der Waals surface area contributed by atoms with E-state index in [1.165, 1.54) is 19.1 Å². The van der Waals surface area contributed by atoms with Crippen LogP contribution >= 0.6 is 0 Å². The zero-order valence-electron chi connectivity index (χ0n) is 13.2. The summed E-state index contributed by atoms with van der Waals surface area (Å²) < 4.78 is 14.6. The Morgan fingerprint density at radius 3 is 2.67 bits per heavy atom. The lowest BCUT2D eigenvalue weighted by atomic mass is 10.1. The van der Waals surface area contributed by atoms with Crippen LogP contribution < -0.4 is 10.1 Å². The highest BCUT2D eigenvalue weighted by Crippen LogP contribution is 2.11. The molecule has 0 spiro atoms. The van der Waals surface area contributed by atoms with E-state index in [1.807, 2.05) is 0 Å². The summed E-state index contributed by atoms with van der Waals surface area (Å²) in [4.78, 5) is 34.5. The molecule has 0 saturated carbocycles. The number of rotatable bonds is 7. The summed E-state index contributed by atoms with van der Waals surface area (Å²) in [6.45, 7) is 2.26. The maximum Gasteiger partial charge on any atom is 0.344 e. The Balaban J connectivity index is 1.75. The maximum atomic E-state index is 11.7. The fourth-order valence-electron chi connectivity index (χ4n) is 1.75. The third-order valence-electron chi connectivity index (χ3n) is 2.86. The number of amides is 1. The second-order valence-electron chi connectivity index (χ2n) is 4.91. The number of anilines is 1. The average molecular weight is 332 g/mol. The Kier molecular flexibility index (Phi) is 5.67. The first-order valence-electron chi connectivity index (χ1n) is 7.06. The number of ether oxygens (including phenoxy) is 2. The van der Waals surface area contributed by atoms with Crippen molar-refractivity contribution < 1.29 is 28.4 Å². The summed E-state index contributed by atoms with van der Waals surface area (Å²) in [6, 6.07) is 7.97. The molecule has 0 aliphatic carbocycles. The Morgan fingerprint density at radius 2 is 2.00 bits per heavy atom. The number of hydrogen-bond acceptors (Lipinski definition) is 7. The number of ketones is 1. The molecule has 1 heterocycles. The van der Waals surface area contributed by atoms with E-state index in [0.717, 1.165) is 0 Å². The number of carbonyl (C=O) groups is 3. The molecule has 1 aromatic heterocycles. The van der Waals surface area contributed by atoms with Gasteiger partial charge in [-0.2, -0.15) is 0 Å². The van der Waals surface area contributed by atoms with Crippen molar-refractivity contribution in [1.82, 2.24) is 5.16 Å². The van der Waals surface area contributed by atoms with Crippen LogP contribution in [-0.4, -0.2) is 36.0 Å². The van der Waals surface area contributed by atoms with E-state index in [-0.39, 0.29) is 18.3 Å². The lowest BCUT2D eigenvalue weighted by Crippen LogP contribution is -2.23. The van der Waals surface area contributed by atoms with E-state index in [0.29, 0.717) is 17.0 Å². The van der Waals surface area contributed by atoms with Gasteiger partial charge in [-0.1, -0.05) is 12.1 Å². The van der Waals surface area contributed by atoms with Gasteiger partial charge in [0, 0.05) is 17.3 Å². The Hall–Kier alpha value is -3.16. The monoisotopic (exact) mass is 332 g/mol. The number of hydrogen-bond donors (Lipinski definition) is 1. The number of aryl methyl sites for hydroxylation is 1. The molecule has 1 amide bonds. The molecule has 0 saturated heterocycles. The van der Waals surface area contributed by atoms with Crippen molar-refractivity contribution in [3.63, 3.8) is 0 Å². The molecule has 8 nitrogen and oxygen atoms in total. The predicted molar refractivity (Wildman–Crippen MR) is 82.8 cm³/mol. The van der Waals surface area contributed by atoms with Gasteiger partial charge in [0.2, 0.25) is 0 Å². The molecule has 0 aliphatic heterocycles. The van der Waals surface area contributed by atoms with Crippen LogP contribution in [0.4, 0.5) is 5.69 Å². The van der Waals surface area contributed by atoms with Crippen molar-refractivity contribution in [2.45, 2.75) is 13.8 Å². The number of nitrogens with one attached hydrogen (secondary N) is 1. The van der Waals surface area contributed by atoms with E-state index in [2.05, 4.69) is 10.5 Å². The zero-order valence-corrected chi connectivity index (χ0v) is 13.2. The van der Waals surface area contributed by atoms with Crippen molar-refractivity contribution in [1.29, 1.82) is 0 Å². The fraction of sp³-hybridized carbons (Fsp3) is 0.250. The molecule has 8 heteroatoms. The molecule has 0 unspecified atom stereocenters. The second kappa shape index (κ2) is 7.91. The van der Waals surface area contributed by atoms with Gasteiger partial charge >= 0.3 is 5.97 Å². The quantitative estimate of drug-likeness (QED) is 0.608. The number of nitrogens with zero attached hydrogens (tertiary/aromatic N) is 1. The number of carbonyl (C=O) groups excluding carboxylic acids is 3. The Bertz CT molecular complexity index is 753. The summed E-state index contributed by atoms with van der Waals surface area (Å²) in [6.07, 6.45) is 0. The molecule has 2 aromatic rings. The summed E-state index contributed by atoms with van der Waals surface area (Å²) in [5.74, 6) is -0.650. The highest BCUT2D eigenvalue weighted by atomic mass is 16.6. The summed E-state index contributed by atoms with van der Waals surface area (Å²) >= 11 is 0. The summed E-state index contributed by atoms with van der Waals surface area (Å²) in [5.41, 5.74) is 0.916. The van der Waals surface area contributed by atoms with Gasteiger partial charge in [-0.05, 0) is 31.1 Å². The van der Waals surface area contributed by atoms with E-state index < -0.39 is 18.5 Å². The van der Waals surface area contributed by atoms with Crippen LogP contribution in [0.15, 0.2) is 34.9 Å². The second-order valence-corrected chi connectivity index (χ2v) is 4.91. The van der Waals surface area contributed by atoms with Crippen LogP contribution in [0.5, 0.6) is 5.88 Å². The molecule has 0 aliphatic rings. The average Bonchev–Trinajstić information content (AvgIpc) is 2.96. The van der Waals surface area contributed by atoms with Gasteiger partial charge < -0.3 is 19.3 Å². The van der Waals surface area contributed by atoms with E-state index >= 15 is 0 Å². The normalized spacial score (nSPS) is 10.1. The number of esters is 1. The van der Waals surface area contributed by atoms with Crippen molar-refractivity contribution >= 4 is 23.3 Å². The summed E-state index contributed by atoms with van der Waals surface area (Å²) in [7, 11) is 0. The van der Waals surface area contributed by atoms with Crippen LogP contribution in [0.1, 0.15) is 23.0 Å². The van der Waals surface area contributed by atoms with Gasteiger partial charge in [-0.25, -0.2) is 4.79 Å². The van der Waals surface area contributed by atoms with Crippen LogP contribution in [0.2, 0.25) is 0 Å². The van der Waals surface area contributed by atoms with Gasteiger partial charge in [0.15, 0.2) is 19.0 Å². The molecule has 1 aromatic carbocycles. The first-order valence-corrected chi connectivity index (χ1v) is 7.06. The van der Waals surface area contributed by atoms with E-state index in [9.17, 15) is 14.4 Å². The van der Waals surface area contributed by atoms with Crippen molar-refractivity contribution in [2.75, 3.05) is 18.5 Å². The van der Waals surface area contributed by atoms with Crippen molar-refractivity contribution in [2.24, 2.45) is 0 Å².